The lowest BCUT2D eigenvalue weighted by Gasteiger charge is -2.32. The van der Waals surface area contributed by atoms with Gasteiger partial charge in [0.15, 0.2) is 0 Å². The van der Waals surface area contributed by atoms with Crippen molar-refractivity contribution in [1.29, 1.82) is 0 Å². The Labute approximate surface area is 129 Å². The second-order valence-electron chi connectivity index (χ2n) is 6.08. The van der Waals surface area contributed by atoms with Gasteiger partial charge in [0.1, 0.15) is 5.76 Å². The topological polar surface area (TPSA) is 38.7 Å². The molecular formula is C15H20BBrO3. The lowest BCUT2D eigenvalue weighted by molar-refractivity contribution is 0.00578. The minimum absolute atomic E-state index is 0.0453. The molecule has 0 radical (unpaired) electrons. The molecule has 3 nitrogen and oxygen atoms in total. The van der Waals surface area contributed by atoms with Crippen molar-refractivity contribution >= 4 is 34.3 Å². The predicted octanol–water partition coefficient (Wildman–Crippen LogP) is 3.41. The number of halogens is 1. The first-order chi connectivity index (χ1) is 9.18. The second kappa shape index (κ2) is 5.21. The average Bonchev–Trinajstić information content (AvgIpc) is 2.57. The molecule has 0 bridgehead atoms. The molecule has 1 saturated heterocycles. The molecule has 0 spiro atoms. The smallest absolute Gasteiger partial charge is 0.495 e. The summed E-state index contributed by atoms with van der Waals surface area (Å²) in [5, 5.41) is 10.3. The van der Waals surface area contributed by atoms with E-state index in [0.717, 1.165) is 11.0 Å². The Bertz CT molecular complexity index is 524. The molecule has 0 unspecified atom stereocenters. The summed E-state index contributed by atoms with van der Waals surface area (Å²) in [6.45, 7) is 11.7. The van der Waals surface area contributed by atoms with E-state index < -0.39 is 7.12 Å². The van der Waals surface area contributed by atoms with Crippen LogP contribution < -0.4 is 5.46 Å². The van der Waals surface area contributed by atoms with E-state index >= 15 is 0 Å². The van der Waals surface area contributed by atoms with E-state index in [1.807, 2.05) is 45.9 Å². The highest BCUT2D eigenvalue weighted by atomic mass is 79.9. The first kappa shape index (κ1) is 15.6. The zero-order valence-corrected chi connectivity index (χ0v) is 14.0. The Kier molecular flexibility index (Phi) is 4.06. The summed E-state index contributed by atoms with van der Waals surface area (Å²) in [6, 6.07) is 5.67. The second-order valence-corrected chi connectivity index (χ2v) is 6.64. The molecule has 0 saturated carbocycles. The van der Waals surface area contributed by atoms with Gasteiger partial charge in [0.2, 0.25) is 0 Å². The molecule has 0 atom stereocenters. The Morgan fingerprint density at radius 3 is 2.25 bits per heavy atom. The van der Waals surface area contributed by atoms with Gasteiger partial charge >= 0.3 is 7.12 Å². The van der Waals surface area contributed by atoms with E-state index in [-0.39, 0.29) is 17.0 Å². The monoisotopic (exact) mass is 338 g/mol. The Hall–Kier alpha value is -0.775. The fourth-order valence-electron chi connectivity index (χ4n) is 2.09. The van der Waals surface area contributed by atoms with E-state index in [4.69, 9.17) is 9.31 Å². The highest BCUT2D eigenvalue weighted by molar-refractivity contribution is 9.08. The highest BCUT2D eigenvalue weighted by Gasteiger charge is 2.52. The quantitative estimate of drug-likeness (QED) is 0.521. The van der Waals surface area contributed by atoms with Crippen LogP contribution in [0.15, 0.2) is 24.8 Å². The maximum Gasteiger partial charge on any atom is 0.495 e. The zero-order chi connectivity index (χ0) is 15.1. The number of aliphatic hydroxyl groups excluding tert-OH is 1. The Morgan fingerprint density at radius 2 is 1.80 bits per heavy atom. The van der Waals surface area contributed by atoms with E-state index in [1.54, 1.807) is 0 Å². The Balaban J connectivity index is 2.43. The van der Waals surface area contributed by atoms with Gasteiger partial charge in [-0.25, -0.2) is 0 Å². The zero-order valence-electron chi connectivity index (χ0n) is 12.4. The fraction of sp³-hybridized carbons (Fsp3) is 0.467. The Morgan fingerprint density at radius 1 is 1.25 bits per heavy atom. The number of hydrogen-bond acceptors (Lipinski definition) is 3. The molecule has 5 heteroatoms. The first-order valence-electron chi connectivity index (χ1n) is 6.60. The molecule has 0 aliphatic carbocycles. The van der Waals surface area contributed by atoms with E-state index in [0.29, 0.717) is 10.9 Å². The minimum Gasteiger partial charge on any atom is -0.508 e. The van der Waals surface area contributed by atoms with Crippen LogP contribution in [-0.4, -0.2) is 23.4 Å². The van der Waals surface area contributed by atoms with Gasteiger partial charge in [-0.1, -0.05) is 40.7 Å². The van der Waals surface area contributed by atoms with Crippen LogP contribution in [0.25, 0.3) is 5.76 Å². The van der Waals surface area contributed by atoms with Gasteiger partial charge < -0.3 is 14.4 Å². The summed E-state index contributed by atoms with van der Waals surface area (Å²) < 4.78 is 12.1. The van der Waals surface area contributed by atoms with Crippen LogP contribution in [0.3, 0.4) is 0 Å². The van der Waals surface area contributed by atoms with Gasteiger partial charge in [0.25, 0.3) is 0 Å². The SMILES string of the molecule is C=C(O)c1ccc(CBr)c(B2OC(C)(C)C(C)(C)O2)c1. The van der Waals surface area contributed by atoms with Crippen LogP contribution in [0.1, 0.15) is 38.8 Å². The summed E-state index contributed by atoms with van der Waals surface area (Å²) in [5.74, 6) is 0.0453. The van der Waals surface area contributed by atoms with Crippen molar-refractivity contribution in [2.75, 3.05) is 0 Å². The highest BCUT2D eigenvalue weighted by Crippen LogP contribution is 2.36. The number of benzene rings is 1. The summed E-state index contributed by atoms with van der Waals surface area (Å²) >= 11 is 3.48. The molecule has 0 aromatic heterocycles. The van der Waals surface area contributed by atoms with E-state index in [2.05, 4.69) is 22.5 Å². The van der Waals surface area contributed by atoms with Crippen molar-refractivity contribution in [3.05, 3.63) is 35.9 Å². The molecule has 1 fully saturated rings. The van der Waals surface area contributed by atoms with Crippen LogP contribution in [-0.2, 0) is 14.6 Å². The summed E-state index contributed by atoms with van der Waals surface area (Å²) in [4.78, 5) is 0. The third kappa shape index (κ3) is 2.67. The van der Waals surface area contributed by atoms with E-state index in [9.17, 15) is 5.11 Å². The summed E-state index contributed by atoms with van der Waals surface area (Å²) in [6.07, 6.45) is 0. The van der Waals surface area contributed by atoms with Crippen molar-refractivity contribution in [2.24, 2.45) is 0 Å². The number of rotatable bonds is 3. The molecule has 1 heterocycles. The first-order valence-corrected chi connectivity index (χ1v) is 7.73. The maximum absolute atomic E-state index is 9.57. The largest absolute Gasteiger partial charge is 0.508 e. The van der Waals surface area contributed by atoms with Crippen molar-refractivity contribution in [3.63, 3.8) is 0 Å². The van der Waals surface area contributed by atoms with Crippen molar-refractivity contribution in [1.82, 2.24) is 0 Å². The molecule has 20 heavy (non-hydrogen) atoms. The van der Waals surface area contributed by atoms with Gasteiger partial charge in [-0.3, -0.25) is 0 Å². The lowest BCUT2D eigenvalue weighted by atomic mass is 9.75. The van der Waals surface area contributed by atoms with Gasteiger partial charge in [0, 0.05) is 10.9 Å². The van der Waals surface area contributed by atoms with Crippen molar-refractivity contribution in [3.8, 4) is 0 Å². The van der Waals surface area contributed by atoms with Crippen LogP contribution >= 0.6 is 15.9 Å². The van der Waals surface area contributed by atoms with Crippen LogP contribution in [0.2, 0.25) is 0 Å². The number of alkyl halides is 1. The molecule has 1 aromatic rings. The van der Waals surface area contributed by atoms with Crippen LogP contribution in [0, 0.1) is 0 Å². The molecule has 1 aliphatic heterocycles. The molecule has 108 valence electrons. The molecule has 0 amide bonds. The molecule has 1 N–H and O–H groups in total. The summed E-state index contributed by atoms with van der Waals surface area (Å²) in [5.41, 5.74) is 1.92. The average molecular weight is 339 g/mol. The van der Waals surface area contributed by atoms with E-state index in [1.165, 1.54) is 0 Å². The normalized spacial score (nSPS) is 20.1. The third-order valence-electron chi connectivity index (χ3n) is 4.13. The molecular weight excluding hydrogens is 319 g/mol. The van der Waals surface area contributed by atoms with Gasteiger partial charge in [-0.15, -0.1) is 0 Å². The number of hydrogen-bond donors (Lipinski definition) is 1. The van der Waals surface area contributed by atoms with Gasteiger partial charge in [-0.2, -0.15) is 0 Å². The summed E-state index contributed by atoms with van der Waals surface area (Å²) in [7, 11) is -0.438. The van der Waals surface area contributed by atoms with Gasteiger partial charge in [-0.05, 0) is 38.7 Å². The van der Waals surface area contributed by atoms with Crippen LogP contribution in [0.4, 0.5) is 0 Å². The maximum atomic E-state index is 9.57. The van der Waals surface area contributed by atoms with Crippen LogP contribution in [0.5, 0.6) is 0 Å². The number of aliphatic hydroxyl groups is 1. The molecule has 2 rings (SSSR count). The van der Waals surface area contributed by atoms with Crippen molar-refractivity contribution in [2.45, 2.75) is 44.2 Å². The van der Waals surface area contributed by atoms with Crippen molar-refractivity contribution < 1.29 is 14.4 Å². The predicted molar refractivity (Wildman–Crippen MR) is 86.5 cm³/mol. The third-order valence-corrected chi connectivity index (χ3v) is 4.73. The minimum atomic E-state index is -0.438. The fourth-order valence-corrected chi connectivity index (χ4v) is 2.60. The molecule has 1 aromatic carbocycles. The van der Waals surface area contributed by atoms with Gasteiger partial charge in [0.05, 0.1) is 11.2 Å². The lowest BCUT2D eigenvalue weighted by Crippen LogP contribution is -2.41. The molecule has 1 aliphatic rings. The standard InChI is InChI=1S/C15H20BBrO3/c1-10(18)11-6-7-12(9-17)13(8-11)16-19-14(2,3)15(4,5)20-16/h6-8,18H,1,9H2,2-5H3.